The van der Waals surface area contributed by atoms with Gasteiger partial charge in [-0.25, -0.2) is 4.98 Å². The van der Waals surface area contributed by atoms with Gasteiger partial charge in [0.1, 0.15) is 0 Å². The quantitative estimate of drug-likeness (QED) is 0.263. The van der Waals surface area contributed by atoms with E-state index in [9.17, 15) is 4.79 Å². The second-order valence-corrected chi connectivity index (χ2v) is 2.92. The molecule has 0 aliphatic heterocycles. The Labute approximate surface area is 84.1 Å². The van der Waals surface area contributed by atoms with E-state index in [1.54, 1.807) is 24.3 Å². The monoisotopic (exact) mass is 204 g/mol. The molecule has 76 valence electrons. The minimum absolute atomic E-state index is 0.0869. The van der Waals surface area contributed by atoms with Gasteiger partial charge in [0, 0.05) is 0 Å². The van der Waals surface area contributed by atoms with Crippen LogP contribution in [0.25, 0.3) is 11.0 Å². The first-order chi connectivity index (χ1) is 7.22. The van der Waals surface area contributed by atoms with Crippen molar-refractivity contribution >= 4 is 16.9 Å². The molecule has 0 spiro atoms. The minimum Gasteiger partial charge on any atom is -0.409 e. The molecule has 0 unspecified atom stereocenters. The highest BCUT2D eigenvalue weighted by atomic mass is 16.4. The van der Waals surface area contributed by atoms with Crippen LogP contribution in [-0.4, -0.2) is 21.0 Å². The van der Waals surface area contributed by atoms with Crippen LogP contribution in [0.15, 0.2) is 34.2 Å². The van der Waals surface area contributed by atoms with Crippen molar-refractivity contribution in [3.63, 3.8) is 0 Å². The molecule has 15 heavy (non-hydrogen) atoms. The van der Waals surface area contributed by atoms with Gasteiger partial charge >= 0.3 is 0 Å². The highest BCUT2D eigenvalue weighted by molar-refractivity contribution is 5.96. The molecular weight excluding hydrogens is 196 g/mol. The number of hydrogen-bond acceptors (Lipinski definition) is 4. The Morgan fingerprint density at radius 3 is 2.93 bits per heavy atom. The molecule has 0 atom stereocenters. The second-order valence-electron chi connectivity index (χ2n) is 2.92. The Bertz CT molecular complexity index is 588. The van der Waals surface area contributed by atoms with Crippen molar-refractivity contribution in [1.82, 2.24) is 9.97 Å². The number of nitrogens with two attached hydrogens (primary N) is 1. The number of hydrogen-bond donors (Lipinski definition) is 3. The van der Waals surface area contributed by atoms with Crippen LogP contribution in [0.4, 0.5) is 0 Å². The third-order valence-corrected chi connectivity index (χ3v) is 1.95. The van der Waals surface area contributed by atoms with Gasteiger partial charge in [0.15, 0.2) is 11.5 Å². The summed E-state index contributed by atoms with van der Waals surface area (Å²) in [6.45, 7) is 0. The number of nitrogens with one attached hydrogen (secondary N) is 1. The highest BCUT2D eigenvalue weighted by Crippen LogP contribution is 2.05. The van der Waals surface area contributed by atoms with E-state index >= 15 is 0 Å². The van der Waals surface area contributed by atoms with Crippen molar-refractivity contribution in [2.24, 2.45) is 10.9 Å². The third-order valence-electron chi connectivity index (χ3n) is 1.95. The average Bonchev–Trinajstić information content (AvgIpc) is 2.27. The summed E-state index contributed by atoms with van der Waals surface area (Å²) < 4.78 is 0. The number of benzene rings is 1. The Balaban J connectivity index is 2.78. The van der Waals surface area contributed by atoms with Crippen molar-refractivity contribution in [2.45, 2.75) is 0 Å². The van der Waals surface area contributed by atoms with Gasteiger partial charge in [-0.3, -0.25) is 4.79 Å². The van der Waals surface area contributed by atoms with E-state index in [4.69, 9.17) is 10.9 Å². The van der Waals surface area contributed by atoms with Gasteiger partial charge < -0.3 is 15.9 Å². The zero-order valence-corrected chi connectivity index (χ0v) is 7.64. The summed E-state index contributed by atoms with van der Waals surface area (Å²) in [5.74, 6) is -0.304. The molecule has 0 radical (unpaired) electrons. The Kier molecular flexibility index (Phi) is 2.09. The summed E-state index contributed by atoms with van der Waals surface area (Å²) in [4.78, 5) is 18.0. The van der Waals surface area contributed by atoms with Crippen LogP contribution < -0.4 is 11.3 Å². The molecule has 1 aromatic heterocycles. The van der Waals surface area contributed by atoms with Crippen LogP contribution in [-0.2, 0) is 0 Å². The summed E-state index contributed by atoms with van der Waals surface area (Å²) in [7, 11) is 0. The fourth-order valence-electron chi connectivity index (χ4n) is 1.25. The van der Waals surface area contributed by atoms with Crippen molar-refractivity contribution < 1.29 is 5.21 Å². The summed E-state index contributed by atoms with van der Waals surface area (Å²) in [6.07, 6.45) is 0. The first kappa shape index (κ1) is 9.20. The number of oxime groups is 1. The molecule has 1 heterocycles. The van der Waals surface area contributed by atoms with Crippen LogP contribution in [0.3, 0.4) is 0 Å². The predicted octanol–water partition coefficient (Wildman–Crippen LogP) is 0.0176. The van der Waals surface area contributed by atoms with Crippen molar-refractivity contribution in [1.29, 1.82) is 0 Å². The molecule has 1 aromatic carbocycles. The lowest BCUT2D eigenvalue weighted by atomic mass is 10.3. The fourth-order valence-corrected chi connectivity index (χ4v) is 1.25. The number of H-pyrrole nitrogens is 1. The first-order valence-electron chi connectivity index (χ1n) is 4.19. The number of amidine groups is 1. The third kappa shape index (κ3) is 1.52. The van der Waals surface area contributed by atoms with Crippen LogP contribution in [0, 0.1) is 0 Å². The summed E-state index contributed by atoms with van der Waals surface area (Å²) in [5.41, 5.74) is 5.92. The lowest BCUT2D eigenvalue weighted by Gasteiger charge is -1.99. The molecule has 2 rings (SSSR count). The first-order valence-corrected chi connectivity index (χ1v) is 4.19. The minimum atomic E-state index is -0.482. The van der Waals surface area contributed by atoms with Gasteiger partial charge in [-0.1, -0.05) is 17.3 Å². The van der Waals surface area contributed by atoms with E-state index in [-0.39, 0.29) is 11.5 Å². The van der Waals surface area contributed by atoms with Gasteiger partial charge in [0.2, 0.25) is 0 Å². The molecule has 4 N–H and O–H groups in total. The largest absolute Gasteiger partial charge is 0.409 e. The number of para-hydroxylation sites is 2. The molecule has 0 bridgehead atoms. The average molecular weight is 204 g/mol. The molecule has 2 aromatic rings. The van der Waals surface area contributed by atoms with E-state index in [2.05, 4.69) is 15.1 Å². The molecule has 0 fully saturated rings. The second kappa shape index (κ2) is 3.41. The number of rotatable bonds is 1. The Morgan fingerprint density at radius 1 is 1.47 bits per heavy atom. The van der Waals surface area contributed by atoms with Crippen molar-refractivity contribution in [3.05, 3.63) is 40.3 Å². The maximum atomic E-state index is 11.4. The molecule has 6 nitrogen and oxygen atoms in total. The van der Waals surface area contributed by atoms with Gasteiger partial charge in [-0.2, -0.15) is 0 Å². The van der Waals surface area contributed by atoms with E-state index in [0.29, 0.717) is 11.0 Å². The predicted molar refractivity (Wildman–Crippen MR) is 54.9 cm³/mol. The summed E-state index contributed by atoms with van der Waals surface area (Å²) in [5, 5.41) is 11.2. The van der Waals surface area contributed by atoms with Crippen LogP contribution in [0.5, 0.6) is 0 Å². The van der Waals surface area contributed by atoms with Crippen LogP contribution in [0.2, 0.25) is 0 Å². The fraction of sp³-hybridized carbons (Fsp3) is 0. The van der Waals surface area contributed by atoms with Crippen molar-refractivity contribution in [3.8, 4) is 0 Å². The van der Waals surface area contributed by atoms with Gasteiger partial charge in [0.25, 0.3) is 5.56 Å². The molecule has 0 amide bonds. The molecule has 0 aliphatic rings. The highest BCUT2D eigenvalue weighted by Gasteiger charge is 2.08. The lowest BCUT2D eigenvalue weighted by Crippen LogP contribution is -2.26. The standard InChI is InChI=1S/C9H8N4O2/c10-8(13-15)7-9(14)12-6-4-2-1-3-5(6)11-7/h1-4,15H,(H2,10,13)(H,12,14). The van der Waals surface area contributed by atoms with Crippen LogP contribution >= 0.6 is 0 Å². The molecule has 0 saturated heterocycles. The molecule has 6 heteroatoms. The van der Waals surface area contributed by atoms with Crippen LogP contribution in [0.1, 0.15) is 5.69 Å². The molecule has 0 saturated carbocycles. The van der Waals surface area contributed by atoms with E-state index in [0.717, 1.165) is 0 Å². The normalized spacial score (nSPS) is 11.9. The zero-order valence-electron chi connectivity index (χ0n) is 7.64. The number of aromatic amines is 1. The Morgan fingerprint density at radius 2 is 2.20 bits per heavy atom. The summed E-state index contributed by atoms with van der Waals surface area (Å²) in [6, 6.07) is 7.01. The maximum Gasteiger partial charge on any atom is 0.278 e. The van der Waals surface area contributed by atoms with Gasteiger partial charge in [-0.05, 0) is 12.1 Å². The van der Waals surface area contributed by atoms with E-state index in [1.165, 1.54) is 0 Å². The topological polar surface area (TPSA) is 104 Å². The lowest BCUT2D eigenvalue weighted by molar-refractivity contribution is 0.318. The zero-order chi connectivity index (χ0) is 10.8. The smallest absolute Gasteiger partial charge is 0.278 e. The number of fused-ring (bicyclic) bond motifs is 1. The van der Waals surface area contributed by atoms with Gasteiger partial charge in [-0.15, -0.1) is 0 Å². The van der Waals surface area contributed by atoms with E-state index in [1.807, 2.05) is 0 Å². The van der Waals surface area contributed by atoms with Crippen molar-refractivity contribution in [2.75, 3.05) is 0 Å². The Hall–Kier alpha value is -2.37. The van der Waals surface area contributed by atoms with E-state index < -0.39 is 5.56 Å². The van der Waals surface area contributed by atoms with Gasteiger partial charge in [0.05, 0.1) is 11.0 Å². The SMILES string of the molecule is NC(=NO)c1nc2ccccc2[nH]c1=O. The molecule has 0 aliphatic carbocycles. The maximum absolute atomic E-state index is 11.4. The number of aromatic nitrogens is 2. The number of nitrogens with zero attached hydrogens (tertiary/aromatic N) is 2. The summed E-state index contributed by atoms with van der Waals surface area (Å²) >= 11 is 0. The molecular formula is C9H8N4O2.